The molecule has 1 aromatic heterocycles. The van der Waals surface area contributed by atoms with E-state index in [0.717, 1.165) is 36.7 Å². The molecule has 0 bridgehead atoms. The molecular weight excluding hydrogens is 540 g/mol. The number of aromatic nitrogens is 1. The SMILES string of the molecule is CS(=O)(=O)c1cccc(C(=O)c2ncc(Cl)cc2NS(=O)(=O)c2ccc(Cl)c(C(F)(F)F)c2)c1. The summed E-state index contributed by atoms with van der Waals surface area (Å²) < 4.78 is 90.7. The molecule has 34 heavy (non-hydrogen) atoms. The number of alkyl halides is 3. The maximum atomic E-state index is 13.2. The van der Waals surface area contributed by atoms with Crippen molar-refractivity contribution in [1.82, 2.24) is 4.98 Å². The fraction of sp³-hybridized carbons (Fsp3) is 0.100. The van der Waals surface area contributed by atoms with Gasteiger partial charge in [-0.25, -0.2) is 21.8 Å². The van der Waals surface area contributed by atoms with Crippen LogP contribution in [0, 0.1) is 0 Å². The Bertz CT molecular complexity index is 1510. The number of nitrogens with zero attached hydrogens (tertiary/aromatic N) is 1. The van der Waals surface area contributed by atoms with Crippen molar-refractivity contribution in [3.63, 3.8) is 0 Å². The first-order chi connectivity index (χ1) is 15.6. The second kappa shape index (κ2) is 9.17. The van der Waals surface area contributed by atoms with Gasteiger partial charge in [-0.15, -0.1) is 0 Å². The molecule has 2 aromatic carbocycles. The van der Waals surface area contributed by atoms with Gasteiger partial charge in [-0.2, -0.15) is 13.2 Å². The van der Waals surface area contributed by atoms with E-state index in [0.29, 0.717) is 6.07 Å². The largest absolute Gasteiger partial charge is 0.417 e. The molecular formula is C20H13Cl2F3N2O5S2. The molecule has 0 unspecified atom stereocenters. The van der Waals surface area contributed by atoms with Crippen molar-refractivity contribution in [3.05, 3.63) is 81.6 Å². The van der Waals surface area contributed by atoms with Crippen molar-refractivity contribution in [2.24, 2.45) is 0 Å². The van der Waals surface area contributed by atoms with E-state index in [-0.39, 0.29) is 15.5 Å². The van der Waals surface area contributed by atoms with Crippen LogP contribution >= 0.6 is 23.2 Å². The minimum atomic E-state index is -4.91. The normalized spacial score (nSPS) is 12.4. The molecule has 0 amide bonds. The van der Waals surface area contributed by atoms with Gasteiger partial charge in [0.2, 0.25) is 5.78 Å². The number of ketones is 1. The minimum absolute atomic E-state index is 0.0776. The zero-order valence-electron chi connectivity index (χ0n) is 16.9. The number of hydrogen-bond acceptors (Lipinski definition) is 6. The minimum Gasteiger partial charge on any atom is -0.287 e. The Balaban J connectivity index is 2.06. The van der Waals surface area contributed by atoms with Crippen LogP contribution in [0.5, 0.6) is 0 Å². The van der Waals surface area contributed by atoms with E-state index in [4.69, 9.17) is 23.2 Å². The molecule has 1 heterocycles. The van der Waals surface area contributed by atoms with Crippen LogP contribution < -0.4 is 4.72 Å². The van der Waals surface area contributed by atoms with Crippen LogP contribution in [-0.4, -0.2) is 33.9 Å². The summed E-state index contributed by atoms with van der Waals surface area (Å²) in [7, 11) is -8.30. The van der Waals surface area contributed by atoms with Crippen LogP contribution in [0.1, 0.15) is 21.6 Å². The Morgan fingerprint density at radius 1 is 0.971 bits per heavy atom. The Labute approximate surface area is 202 Å². The molecule has 0 aliphatic rings. The average Bonchev–Trinajstić information content (AvgIpc) is 2.72. The monoisotopic (exact) mass is 552 g/mol. The van der Waals surface area contributed by atoms with Crippen LogP contribution in [-0.2, 0) is 26.0 Å². The molecule has 0 fully saturated rings. The number of nitrogens with one attached hydrogen (secondary N) is 1. The van der Waals surface area contributed by atoms with Gasteiger partial charge >= 0.3 is 6.18 Å². The van der Waals surface area contributed by atoms with E-state index in [1.807, 2.05) is 4.72 Å². The number of rotatable bonds is 6. The van der Waals surface area contributed by atoms with Crippen molar-refractivity contribution >= 4 is 54.5 Å². The number of hydrogen-bond donors (Lipinski definition) is 1. The van der Waals surface area contributed by atoms with Gasteiger partial charge in [0.25, 0.3) is 10.0 Å². The van der Waals surface area contributed by atoms with Crippen molar-refractivity contribution < 1.29 is 34.8 Å². The third-order valence-corrected chi connectivity index (χ3v) is 7.40. The summed E-state index contributed by atoms with van der Waals surface area (Å²) in [6.45, 7) is 0. The van der Waals surface area contributed by atoms with Crippen LogP contribution in [0.25, 0.3) is 0 Å². The summed E-state index contributed by atoms with van der Waals surface area (Å²) in [5.74, 6) is -0.855. The summed E-state index contributed by atoms with van der Waals surface area (Å²) in [5.41, 5.74) is -2.37. The van der Waals surface area contributed by atoms with Gasteiger partial charge in [0.15, 0.2) is 9.84 Å². The quantitative estimate of drug-likeness (QED) is 0.438. The van der Waals surface area contributed by atoms with Gasteiger partial charge in [-0.3, -0.25) is 9.52 Å². The maximum Gasteiger partial charge on any atom is 0.417 e. The third-order valence-electron chi connectivity index (χ3n) is 4.39. The predicted molar refractivity (Wildman–Crippen MR) is 119 cm³/mol. The lowest BCUT2D eigenvalue weighted by atomic mass is 10.1. The summed E-state index contributed by atoms with van der Waals surface area (Å²) in [6, 6.07) is 7.98. The molecule has 0 atom stereocenters. The molecule has 3 aromatic rings. The van der Waals surface area contributed by atoms with Gasteiger partial charge in [-0.1, -0.05) is 35.3 Å². The van der Waals surface area contributed by atoms with Crippen LogP contribution in [0.3, 0.4) is 0 Å². The van der Waals surface area contributed by atoms with Gasteiger partial charge in [-0.05, 0) is 36.4 Å². The number of halogens is 5. The molecule has 0 spiro atoms. The van der Waals surface area contributed by atoms with Gasteiger partial charge in [0.1, 0.15) is 5.69 Å². The molecule has 14 heteroatoms. The first kappa shape index (κ1) is 25.9. The zero-order valence-corrected chi connectivity index (χ0v) is 20.0. The molecule has 180 valence electrons. The maximum absolute atomic E-state index is 13.2. The molecule has 7 nitrogen and oxygen atoms in total. The van der Waals surface area contributed by atoms with Crippen molar-refractivity contribution in [2.75, 3.05) is 11.0 Å². The van der Waals surface area contributed by atoms with Crippen LogP contribution in [0.15, 0.2) is 64.5 Å². The highest BCUT2D eigenvalue weighted by molar-refractivity contribution is 7.92. The molecule has 0 aliphatic heterocycles. The lowest BCUT2D eigenvalue weighted by molar-refractivity contribution is -0.137. The number of anilines is 1. The van der Waals surface area contributed by atoms with E-state index < -0.39 is 58.7 Å². The predicted octanol–water partition coefficient (Wildman–Crippen LogP) is 4.84. The fourth-order valence-electron chi connectivity index (χ4n) is 2.80. The van der Waals surface area contributed by atoms with Crippen molar-refractivity contribution in [2.45, 2.75) is 16.0 Å². The third kappa shape index (κ3) is 5.69. The van der Waals surface area contributed by atoms with E-state index >= 15 is 0 Å². The number of pyridine rings is 1. The topological polar surface area (TPSA) is 110 Å². The highest BCUT2D eigenvalue weighted by Gasteiger charge is 2.34. The smallest absolute Gasteiger partial charge is 0.287 e. The molecule has 0 radical (unpaired) electrons. The second-order valence-electron chi connectivity index (χ2n) is 6.92. The molecule has 3 rings (SSSR count). The van der Waals surface area contributed by atoms with Gasteiger partial charge < -0.3 is 0 Å². The lowest BCUT2D eigenvalue weighted by Crippen LogP contribution is -2.18. The number of sulfone groups is 1. The highest BCUT2D eigenvalue weighted by atomic mass is 35.5. The Morgan fingerprint density at radius 2 is 1.65 bits per heavy atom. The van der Waals surface area contributed by atoms with E-state index in [1.54, 1.807) is 0 Å². The number of benzene rings is 2. The van der Waals surface area contributed by atoms with E-state index in [1.165, 1.54) is 18.2 Å². The Hall–Kier alpha value is -2.67. The average molecular weight is 553 g/mol. The Morgan fingerprint density at radius 3 is 2.26 bits per heavy atom. The van der Waals surface area contributed by atoms with Crippen LogP contribution in [0.2, 0.25) is 10.0 Å². The van der Waals surface area contributed by atoms with Gasteiger partial charge in [0, 0.05) is 18.0 Å². The van der Waals surface area contributed by atoms with Crippen LogP contribution in [0.4, 0.5) is 18.9 Å². The number of carbonyl (C=O) groups is 1. The van der Waals surface area contributed by atoms with Crippen molar-refractivity contribution in [1.29, 1.82) is 0 Å². The van der Waals surface area contributed by atoms with E-state index in [9.17, 15) is 34.8 Å². The van der Waals surface area contributed by atoms with Crippen molar-refractivity contribution in [3.8, 4) is 0 Å². The second-order valence-corrected chi connectivity index (χ2v) is 11.5. The zero-order chi connectivity index (χ0) is 25.5. The van der Waals surface area contributed by atoms with E-state index in [2.05, 4.69) is 4.98 Å². The molecule has 0 aliphatic carbocycles. The highest BCUT2D eigenvalue weighted by Crippen LogP contribution is 2.36. The lowest BCUT2D eigenvalue weighted by Gasteiger charge is -2.14. The summed E-state index contributed by atoms with van der Waals surface area (Å²) in [4.78, 5) is 15.9. The summed E-state index contributed by atoms with van der Waals surface area (Å²) in [6.07, 6.45) is -2.92. The molecule has 0 saturated carbocycles. The number of sulfonamides is 1. The standard InChI is InChI=1S/C20H13Cl2F3N2O5S2/c1-33(29,30)13-4-2-3-11(7-13)19(28)18-17(8-12(21)10-26-18)27-34(31,32)14-5-6-16(22)15(9-14)20(23,24)25/h2-10,27H,1H3. The summed E-state index contributed by atoms with van der Waals surface area (Å²) >= 11 is 11.4. The first-order valence-corrected chi connectivity index (χ1v) is 13.1. The number of carbonyl (C=O) groups excluding carboxylic acids is 1. The molecule has 1 N–H and O–H groups in total. The Kier molecular flexibility index (Phi) is 7.00. The summed E-state index contributed by atoms with van der Waals surface area (Å²) in [5, 5.41) is -0.774. The van der Waals surface area contributed by atoms with Gasteiger partial charge in [0.05, 0.1) is 31.1 Å². The first-order valence-electron chi connectivity index (χ1n) is 8.99. The molecule has 0 saturated heterocycles. The fourth-order valence-corrected chi connectivity index (χ4v) is 4.93.